The Kier molecular flexibility index (Phi) is 6.65. The minimum atomic E-state index is -0.792. The summed E-state index contributed by atoms with van der Waals surface area (Å²) in [5, 5.41) is 10.9. The molecule has 4 rings (SSSR count). The van der Waals surface area contributed by atoms with Gasteiger partial charge in [0.1, 0.15) is 11.6 Å². The Morgan fingerprint density at radius 2 is 2.03 bits per heavy atom. The molecular weight excluding hydrogens is 376 g/mol. The molecule has 6 nitrogen and oxygen atoms in total. The van der Waals surface area contributed by atoms with E-state index in [1.54, 1.807) is 6.20 Å². The van der Waals surface area contributed by atoms with Gasteiger partial charge in [-0.2, -0.15) is 0 Å². The molecule has 1 N–H and O–H groups in total. The zero-order valence-corrected chi connectivity index (χ0v) is 18.0. The molecule has 2 atom stereocenters. The predicted octanol–water partition coefficient (Wildman–Crippen LogP) is 4.53. The summed E-state index contributed by atoms with van der Waals surface area (Å²) in [6.45, 7) is 8.63. The van der Waals surface area contributed by atoms with E-state index < -0.39 is 6.23 Å². The number of aliphatic hydroxyl groups is 1. The van der Waals surface area contributed by atoms with Crippen molar-refractivity contribution in [3.63, 3.8) is 0 Å². The van der Waals surface area contributed by atoms with E-state index in [0.29, 0.717) is 12.2 Å². The molecule has 160 valence electrons. The highest BCUT2D eigenvalue weighted by Gasteiger charge is 2.29. The lowest BCUT2D eigenvalue weighted by atomic mass is 10.0. The maximum absolute atomic E-state index is 10.9. The zero-order chi connectivity index (χ0) is 20.9. The number of benzene rings is 1. The molecule has 3 heterocycles. The van der Waals surface area contributed by atoms with Crippen LogP contribution in [-0.2, 0) is 0 Å². The van der Waals surface area contributed by atoms with Crippen molar-refractivity contribution in [2.75, 3.05) is 31.1 Å². The first-order valence-electron chi connectivity index (χ1n) is 11.1. The number of rotatable bonds is 7. The Bertz CT molecular complexity index is 868. The van der Waals surface area contributed by atoms with Gasteiger partial charge in [0.25, 0.3) is 0 Å². The fourth-order valence-electron chi connectivity index (χ4n) is 4.37. The van der Waals surface area contributed by atoms with Crippen LogP contribution in [0.1, 0.15) is 51.3 Å². The van der Waals surface area contributed by atoms with E-state index in [0.717, 1.165) is 48.3 Å². The topological polar surface area (TPSA) is 61.2 Å². The van der Waals surface area contributed by atoms with E-state index in [9.17, 15) is 5.11 Å². The van der Waals surface area contributed by atoms with Crippen molar-refractivity contribution in [1.29, 1.82) is 0 Å². The minimum Gasteiger partial charge on any atom is -0.494 e. The smallest absolute Gasteiger partial charge is 0.162 e. The number of anilines is 1. The first kappa shape index (κ1) is 20.8. The van der Waals surface area contributed by atoms with Gasteiger partial charge in [-0.25, -0.2) is 9.98 Å². The molecular formula is C24H32N4O2. The van der Waals surface area contributed by atoms with Gasteiger partial charge in [0.2, 0.25) is 0 Å². The van der Waals surface area contributed by atoms with E-state index in [-0.39, 0.29) is 0 Å². The summed E-state index contributed by atoms with van der Waals surface area (Å²) in [5.41, 5.74) is 1.62. The number of aliphatic hydroxyl groups excluding tert-OH is 1. The molecule has 2 aliphatic rings. The second-order valence-corrected chi connectivity index (χ2v) is 8.29. The van der Waals surface area contributed by atoms with E-state index in [2.05, 4.69) is 21.8 Å². The summed E-state index contributed by atoms with van der Waals surface area (Å²) < 4.78 is 5.95. The normalized spacial score (nSPS) is 21.8. The molecule has 2 aliphatic heterocycles. The summed E-state index contributed by atoms with van der Waals surface area (Å²) in [5.74, 6) is 3.07. The van der Waals surface area contributed by atoms with Crippen LogP contribution in [-0.4, -0.2) is 47.1 Å². The molecule has 1 aromatic heterocycles. The van der Waals surface area contributed by atoms with Gasteiger partial charge in [-0.05, 0) is 68.1 Å². The third kappa shape index (κ3) is 4.65. The minimum absolute atomic E-state index is 0.598. The molecule has 0 spiro atoms. The molecule has 1 saturated heterocycles. The predicted molar refractivity (Wildman–Crippen MR) is 120 cm³/mol. The maximum Gasteiger partial charge on any atom is 0.162 e. The maximum atomic E-state index is 10.9. The molecule has 0 saturated carbocycles. The zero-order valence-electron chi connectivity index (χ0n) is 18.0. The van der Waals surface area contributed by atoms with Crippen LogP contribution in [0.2, 0.25) is 0 Å². The number of likely N-dealkylation sites (tertiary alicyclic amines) is 1. The second kappa shape index (κ2) is 9.58. The van der Waals surface area contributed by atoms with Crippen molar-refractivity contribution in [1.82, 2.24) is 9.88 Å². The van der Waals surface area contributed by atoms with Crippen LogP contribution in [0.15, 0.2) is 47.6 Å². The van der Waals surface area contributed by atoms with Crippen molar-refractivity contribution in [3.05, 3.63) is 48.2 Å². The molecule has 1 unspecified atom stereocenters. The molecule has 1 fully saturated rings. The number of ether oxygens (including phenoxy) is 1. The van der Waals surface area contributed by atoms with Gasteiger partial charge < -0.3 is 14.7 Å². The molecule has 0 radical (unpaired) electrons. The Hall–Kier alpha value is -2.44. The Morgan fingerprint density at radius 3 is 2.80 bits per heavy atom. The molecule has 6 heteroatoms. The van der Waals surface area contributed by atoms with Crippen LogP contribution in [0, 0.1) is 5.92 Å². The quantitative estimate of drug-likeness (QED) is 0.682. The molecule has 0 bridgehead atoms. The number of fused-ring (bicyclic) bond motifs is 1. The number of amidine groups is 1. The Balaban J connectivity index is 1.35. The fourth-order valence-corrected chi connectivity index (χ4v) is 4.37. The third-order valence-corrected chi connectivity index (χ3v) is 5.91. The molecule has 1 aromatic carbocycles. The highest BCUT2D eigenvalue weighted by Crippen LogP contribution is 2.36. The van der Waals surface area contributed by atoms with Gasteiger partial charge in [0.05, 0.1) is 6.61 Å². The van der Waals surface area contributed by atoms with Crippen molar-refractivity contribution >= 4 is 17.3 Å². The van der Waals surface area contributed by atoms with Crippen molar-refractivity contribution in [2.45, 2.75) is 45.8 Å². The van der Waals surface area contributed by atoms with Crippen molar-refractivity contribution in [3.8, 4) is 5.75 Å². The number of aromatic nitrogens is 1. The van der Waals surface area contributed by atoms with Crippen molar-refractivity contribution < 1.29 is 9.84 Å². The molecule has 30 heavy (non-hydrogen) atoms. The van der Waals surface area contributed by atoms with Gasteiger partial charge in [-0.1, -0.05) is 13.8 Å². The van der Waals surface area contributed by atoms with Gasteiger partial charge >= 0.3 is 0 Å². The highest BCUT2D eigenvalue weighted by atomic mass is 16.5. The standard InChI is InChI=1S/C24H32N4O2/c1-3-22-26-23-21(8-4-13-25-23)24(29)28(22)19-9-11-20(12-10-19)30-16-6-15-27-14-5-7-18(2)17-27/h4,8-13,18,24,29H,3,5-7,14-17H2,1-2H3/t18-,24?/m0/s1. The average Bonchev–Trinajstić information content (AvgIpc) is 2.77. The van der Waals surface area contributed by atoms with E-state index >= 15 is 0 Å². The number of nitrogens with zero attached hydrogens (tertiary/aromatic N) is 4. The number of hydrogen-bond donors (Lipinski definition) is 1. The monoisotopic (exact) mass is 408 g/mol. The van der Waals surface area contributed by atoms with E-state index in [1.807, 2.05) is 48.2 Å². The molecule has 0 amide bonds. The first-order chi connectivity index (χ1) is 14.7. The van der Waals surface area contributed by atoms with Gasteiger partial charge in [-0.3, -0.25) is 4.90 Å². The first-order valence-corrected chi connectivity index (χ1v) is 11.1. The summed E-state index contributed by atoms with van der Waals surface area (Å²) in [4.78, 5) is 13.4. The van der Waals surface area contributed by atoms with Crippen LogP contribution in [0.3, 0.4) is 0 Å². The number of pyridine rings is 1. The highest BCUT2D eigenvalue weighted by molar-refractivity contribution is 6.01. The molecule has 2 aromatic rings. The van der Waals surface area contributed by atoms with Crippen LogP contribution < -0.4 is 9.64 Å². The van der Waals surface area contributed by atoms with Crippen LogP contribution in [0.4, 0.5) is 11.5 Å². The summed E-state index contributed by atoms with van der Waals surface area (Å²) >= 11 is 0. The lowest BCUT2D eigenvalue weighted by Crippen LogP contribution is -2.37. The van der Waals surface area contributed by atoms with Gasteiger partial charge in [0, 0.05) is 37.0 Å². The number of piperidine rings is 1. The number of hydrogen-bond acceptors (Lipinski definition) is 6. The lowest BCUT2D eigenvalue weighted by molar-refractivity contribution is 0.170. The largest absolute Gasteiger partial charge is 0.494 e. The van der Waals surface area contributed by atoms with Crippen LogP contribution in [0.25, 0.3) is 0 Å². The summed E-state index contributed by atoms with van der Waals surface area (Å²) in [6.07, 6.45) is 5.33. The second-order valence-electron chi connectivity index (χ2n) is 8.29. The fraction of sp³-hybridized carbons (Fsp3) is 0.500. The summed E-state index contributed by atoms with van der Waals surface area (Å²) in [7, 11) is 0. The Labute approximate surface area is 179 Å². The molecule has 0 aliphatic carbocycles. The summed E-state index contributed by atoms with van der Waals surface area (Å²) in [6, 6.07) is 11.6. The Morgan fingerprint density at radius 1 is 1.20 bits per heavy atom. The third-order valence-electron chi connectivity index (χ3n) is 5.91. The van der Waals surface area contributed by atoms with E-state index in [1.165, 1.54) is 25.9 Å². The van der Waals surface area contributed by atoms with Crippen molar-refractivity contribution in [2.24, 2.45) is 10.9 Å². The van der Waals surface area contributed by atoms with Gasteiger partial charge in [-0.15, -0.1) is 0 Å². The lowest BCUT2D eigenvalue weighted by Gasteiger charge is -2.34. The van der Waals surface area contributed by atoms with E-state index in [4.69, 9.17) is 4.74 Å². The average molecular weight is 409 g/mol. The SMILES string of the molecule is CCC1=Nc2ncccc2C(O)N1c1ccc(OCCCN2CCC[C@H](C)C2)cc1. The van der Waals surface area contributed by atoms with Crippen LogP contribution in [0.5, 0.6) is 5.75 Å². The van der Waals surface area contributed by atoms with Gasteiger partial charge in [0.15, 0.2) is 12.0 Å². The number of aliphatic imine (C=N–C) groups is 1. The van der Waals surface area contributed by atoms with Crippen LogP contribution >= 0.6 is 0 Å².